The van der Waals surface area contributed by atoms with Crippen molar-refractivity contribution in [1.82, 2.24) is 4.98 Å². The SMILES string of the molecule is COC(C)(C)CCOc1ncccc1C(C)N. The van der Waals surface area contributed by atoms with Crippen LogP contribution < -0.4 is 10.5 Å². The Morgan fingerprint density at radius 3 is 2.76 bits per heavy atom. The average molecular weight is 238 g/mol. The zero-order valence-corrected chi connectivity index (χ0v) is 11.1. The molecule has 0 radical (unpaired) electrons. The van der Waals surface area contributed by atoms with Crippen LogP contribution in [0.5, 0.6) is 5.88 Å². The Morgan fingerprint density at radius 1 is 1.47 bits per heavy atom. The summed E-state index contributed by atoms with van der Waals surface area (Å²) in [7, 11) is 1.70. The summed E-state index contributed by atoms with van der Waals surface area (Å²) in [6, 6.07) is 3.73. The molecule has 0 aromatic carbocycles. The number of nitrogens with zero attached hydrogens (tertiary/aromatic N) is 1. The van der Waals surface area contributed by atoms with Crippen molar-refractivity contribution in [1.29, 1.82) is 0 Å². The van der Waals surface area contributed by atoms with E-state index >= 15 is 0 Å². The van der Waals surface area contributed by atoms with Crippen molar-refractivity contribution < 1.29 is 9.47 Å². The third-order valence-corrected chi connectivity index (χ3v) is 2.79. The number of aromatic nitrogens is 1. The first kappa shape index (κ1) is 13.9. The number of hydrogen-bond acceptors (Lipinski definition) is 4. The summed E-state index contributed by atoms with van der Waals surface area (Å²) in [5, 5.41) is 0. The number of ether oxygens (including phenoxy) is 2. The van der Waals surface area contributed by atoms with E-state index in [1.807, 2.05) is 32.9 Å². The standard InChI is InChI=1S/C13H22N2O2/c1-10(14)11-6-5-8-15-12(11)17-9-7-13(2,3)16-4/h5-6,8,10H,7,9,14H2,1-4H3. The summed E-state index contributed by atoms with van der Waals surface area (Å²) >= 11 is 0. The Hall–Kier alpha value is -1.13. The lowest BCUT2D eigenvalue weighted by Crippen LogP contribution is -2.25. The zero-order chi connectivity index (χ0) is 12.9. The molecule has 0 spiro atoms. The van der Waals surface area contributed by atoms with Gasteiger partial charge in [-0.1, -0.05) is 6.07 Å². The number of methoxy groups -OCH3 is 1. The van der Waals surface area contributed by atoms with Crippen molar-refractivity contribution in [3.63, 3.8) is 0 Å². The maximum atomic E-state index is 5.85. The molecule has 0 amide bonds. The molecule has 96 valence electrons. The van der Waals surface area contributed by atoms with Gasteiger partial charge in [0.15, 0.2) is 0 Å². The Labute approximate surface area is 103 Å². The lowest BCUT2D eigenvalue weighted by Gasteiger charge is -2.23. The minimum absolute atomic E-state index is 0.0749. The topological polar surface area (TPSA) is 57.4 Å². The normalized spacial score (nSPS) is 13.5. The van der Waals surface area contributed by atoms with E-state index in [1.165, 1.54) is 0 Å². The van der Waals surface area contributed by atoms with Gasteiger partial charge in [-0.25, -0.2) is 4.98 Å². The first-order valence-corrected chi connectivity index (χ1v) is 5.85. The molecule has 0 bridgehead atoms. The molecule has 0 aliphatic rings. The predicted molar refractivity (Wildman–Crippen MR) is 68.0 cm³/mol. The van der Waals surface area contributed by atoms with Crippen LogP contribution in [0.3, 0.4) is 0 Å². The molecule has 0 saturated heterocycles. The highest BCUT2D eigenvalue weighted by molar-refractivity contribution is 5.28. The number of rotatable bonds is 6. The maximum absolute atomic E-state index is 5.85. The van der Waals surface area contributed by atoms with Crippen LogP contribution in [0.25, 0.3) is 0 Å². The van der Waals surface area contributed by atoms with Crippen molar-refractivity contribution >= 4 is 0 Å². The maximum Gasteiger partial charge on any atom is 0.218 e. The molecule has 1 unspecified atom stereocenters. The van der Waals surface area contributed by atoms with E-state index in [0.29, 0.717) is 12.5 Å². The fourth-order valence-electron chi connectivity index (χ4n) is 1.37. The van der Waals surface area contributed by atoms with Gasteiger partial charge in [-0.3, -0.25) is 0 Å². The molecule has 0 aliphatic heterocycles. The lowest BCUT2D eigenvalue weighted by molar-refractivity contribution is 0.00498. The summed E-state index contributed by atoms with van der Waals surface area (Å²) in [4.78, 5) is 4.20. The van der Waals surface area contributed by atoms with E-state index in [0.717, 1.165) is 12.0 Å². The molecule has 1 aromatic rings. The van der Waals surface area contributed by atoms with E-state index < -0.39 is 0 Å². The van der Waals surface area contributed by atoms with Gasteiger partial charge in [0, 0.05) is 31.3 Å². The van der Waals surface area contributed by atoms with Crippen molar-refractivity contribution in [3.05, 3.63) is 23.9 Å². The van der Waals surface area contributed by atoms with Gasteiger partial charge in [-0.15, -0.1) is 0 Å². The fourth-order valence-corrected chi connectivity index (χ4v) is 1.37. The highest BCUT2D eigenvalue weighted by Gasteiger charge is 2.17. The fraction of sp³-hybridized carbons (Fsp3) is 0.615. The van der Waals surface area contributed by atoms with E-state index in [4.69, 9.17) is 15.2 Å². The molecule has 4 nitrogen and oxygen atoms in total. The third kappa shape index (κ3) is 4.32. The van der Waals surface area contributed by atoms with E-state index in [2.05, 4.69) is 4.98 Å². The van der Waals surface area contributed by atoms with Crippen molar-refractivity contribution in [2.45, 2.75) is 38.8 Å². The molecule has 1 aromatic heterocycles. The van der Waals surface area contributed by atoms with Crippen molar-refractivity contribution in [2.24, 2.45) is 5.73 Å². The largest absolute Gasteiger partial charge is 0.477 e. The summed E-state index contributed by atoms with van der Waals surface area (Å²) in [6.07, 6.45) is 2.52. The van der Waals surface area contributed by atoms with Crippen LogP contribution in [-0.4, -0.2) is 24.3 Å². The van der Waals surface area contributed by atoms with Gasteiger partial charge in [0.05, 0.1) is 12.2 Å². The molecule has 1 atom stereocenters. The zero-order valence-electron chi connectivity index (χ0n) is 11.1. The van der Waals surface area contributed by atoms with Gasteiger partial charge in [0.1, 0.15) is 0 Å². The lowest BCUT2D eigenvalue weighted by atomic mass is 10.1. The molecular weight excluding hydrogens is 216 g/mol. The summed E-state index contributed by atoms with van der Waals surface area (Å²) in [5.41, 5.74) is 6.61. The average Bonchev–Trinajstić information content (AvgIpc) is 2.29. The van der Waals surface area contributed by atoms with E-state index in [-0.39, 0.29) is 11.6 Å². The first-order valence-electron chi connectivity index (χ1n) is 5.85. The molecule has 4 heteroatoms. The molecule has 1 rings (SSSR count). The van der Waals surface area contributed by atoms with Crippen LogP contribution in [0.15, 0.2) is 18.3 Å². The minimum Gasteiger partial charge on any atom is -0.477 e. The van der Waals surface area contributed by atoms with E-state index in [9.17, 15) is 0 Å². The molecule has 0 fully saturated rings. The van der Waals surface area contributed by atoms with Crippen LogP contribution in [0.2, 0.25) is 0 Å². The van der Waals surface area contributed by atoms with Gasteiger partial charge in [-0.05, 0) is 26.8 Å². The highest BCUT2D eigenvalue weighted by Crippen LogP contribution is 2.21. The number of hydrogen-bond donors (Lipinski definition) is 1. The van der Waals surface area contributed by atoms with Crippen LogP contribution in [0, 0.1) is 0 Å². The van der Waals surface area contributed by atoms with E-state index in [1.54, 1.807) is 13.3 Å². The Bertz CT molecular complexity index is 351. The summed E-state index contributed by atoms with van der Waals surface area (Å²) < 4.78 is 11.0. The van der Waals surface area contributed by atoms with Crippen LogP contribution in [-0.2, 0) is 4.74 Å². The molecule has 0 saturated carbocycles. The van der Waals surface area contributed by atoms with Crippen molar-refractivity contribution in [2.75, 3.05) is 13.7 Å². The highest BCUT2D eigenvalue weighted by atomic mass is 16.5. The smallest absolute Gasteiger partial charge is 0.218 e. The Balaban J connectivity index is 2.58. The van der Waals surface area contributed by atoms with Crippen molar-refractivity contribution in [3.8, 4) is 5.88 Å². The minimum atomic E-state index is -0.177. The second-order valence-electron chi connectivity index (χ2n) is 4.75. The van der Waals surface area contributed by atoms with Gasteiger partial charge in [-0.2, -0.15) is 0 Å². The van der Waals surface area contributed by atoms with Gasteiger partial charge < -0.3 is 15.2 Å². The summed E-state index contributed by atoms with van der Waals surface area (Å²) in [6.45, 7) is 6.54. The molecular formula is C13H22N2O2. The van der Waals surface area contributed by atoms with Gasteiger partial charge in [0.25, 0.3) is 0 Å². The third-order valence-electron chi connectivity index (χ3n) is 2.79. The second kappa shape index (κ2) is 5.98. The Morgan fingerprint density at radius 2 is 2.18 bits per heavy atom. The second-order valence-corrected chi connectivity index (χ2v) is 4.75. The Kier molecular flexibility index (Phi) is 4.90. The quantitative estimate of drug-likeness (QED) is 0.826. The molecule has 1 heterocycles. The number of nitrogens with two attached hydrogens (primary N) is 1. The molecule has 17 heavy (non-hydrogen) atoms. The number of pyridine rings is 1. The first-order chi connectivity index (χ1) is 7.96. The molecule has 2 N–H and O–H groups in total. The monoisotopic (exact) mass is 238 g/mol. The van der Waals surface area contributed by atoms with Gasteiger partial charge in [0.2, 0.25) is 5.88 Å². The molecule has 0 aliphatic carbocycles. The summed E-state index contributed by atoms with van der Waals surface area (Å²) in [5.74, 6) is 0.620. The van der Waals surface area contributed by atoms with Crippen LogP contribution in [0.4, 0.5) is 0 Å². The van der Waals surface area contributed by atoms with Crippen LogP contribution in [0.1, 0.15) is 38.8 Å². The van der Waals surface area contributed by atoms with Crippen LogP contribution >= 0.6 is 0 Å². The van der Waals surface area contributed by atoms with Gasteiger partial charge >= 0.3 is 0 Å². The predicted octanol–water partition coefficient (Wildman–Crippen LogP) is 2.30.